The third-order valence-corrected chi connectivity index (χ3v) is 7.53. The highest BCUT2D eigenvalue weighted by molar-refractivity contribution is 8.01. The Balaban J connectivity index is 1.79. The average Bonchev–Trinajstić information content (AvgIpc) is 2.90. The van der Waals surface area contributed by atoms with E-state index in [0.717, 1.165) is 17.3 Å². The van der Waals surface area contributed by atoms with E-state index < -0.39 is 59.2 Å². The molecule has 0 radical (unpaired) electrons. The van der Waals surface area contributed by atoms with Crippen LogP contribution in [0.15, 0.2) is 48.5 Å². The summed E-state index contributed by atoms with van der Waals surface area (Å²) in [5.41, 5.74) is 1.52. The van der Waals surface area contributed by atoms with E-state index in [-0.39, 0.29) is 18.0 Å². The van der Waals surface area contributed by atoms with Gasteiger partial charge in [0.25, 0.3) is 5.91 Å². The molecule has 208 valence electrons. The Morgan fingerprint density at radius 2 is 1.62 bits per heavy atom. The fraction of sp³-hybridized carbons (Fsp3) is 0.464. The number of ketones is 1. The standard InChI is InChI=1S/C28H35BN2O7S/c1-16(2)14-21(29-37-27(35)18(4)39-19(5)28(36)38-29)15-24(33)25(17(3)32)31-26(34)23-13-9-12-22(30-23)20-10-7-6-8-11-20/h6-13,16-19,21,25,32H,14-15H2,1-5H3,(H,31,34)/t17-,18-,19-,21-,25+/m1/s1. The van der Waals surface area contributed by atoms with E-state index in [9.17, 15) is 24.3 Å². The van der Waals surface area contributed by atoms with Crippen molar-refractivity contribution in [3.8, 4) is 11.3 Å². The van der Waals surface area contributed by atoms with Crippen LogP contribution in [0.25, 0.3) is 11.3 Å². The maximum atomic E-state index is 13.4. The molecule has 2 N–H and O–H groups in total. The molecule has 3 rings (SSSR count). The van der Waals surface area contributed by atoms with E-state index in [0.29, 0.717) is 12.1 Å². The lowest BCUT2D eigenvalue weighted by atomic mass is 9.64. The van der Waals surface area contributed by atoms with E-state index >= 15 is 0 Å². The van der Waals surface area contributed by atoms with Crippen molar-refractivity contribution >= 4 is 42.5 Å². The van der Waals surface area contributed by atoms with Gasteiger partial charge in [0.15, 0.2) is 5.78 Å². The SMILES string of the molecule is CC(C)C[C@H](CC(=O)[C@@H](NC(=O)c1cccc(-c2ccccc2)n1)[C@@H](C)O)B1OC(=O)[C@@H](C)S[C@H](C)C(=O)O1. The Morgan fingerprint density at radius 3 is 2.18 bits per heavy atom. The molecule has 2 heterocycles. The zero-order valence-corrected chi connectivity index (χ0v) is 23.6. The van der Waals surface area contributed by atoms with Gasteiger partial charge in [-0.1, -0.05) is 50.2 Å². The Morgan fingerprint density at radius 1 is 1.00 bits per heavy atom. The second kappa shape index (κ2) is 13.8. The first-order valence-corrected chi connectivity index (χ1v) is 14.0. The number of hydrogen-bond donors (Lipinski definition) is 2. The van der Waals surface area contributed by atoms with Gasteiger partial charge in [0.05, 0.1) is 22.3 Å². The molecule has 1 fully saturated rings. The molecule has 1 amide bonds. The summed E-state index contributed by atoms with van der Waals surface area (Å²) in [6, 6.07) is 13.1. The second-order valence-electron chi connectivity index (χ2n) is 10.2. The minimum absolute atomic E-state index is 0.0828. The van der Waals surface area contributed by atoms with Gasteiger partial charge in [0.2, 0.25) is 0 Å². The summed E-state index contributed by atoms with van der Waals surface area (Å²) in [4.78, 5) is 56.0. The van der Waals surface area contributed by atoms with Crippen molar-refractivity contribution in [1.82, 2.24) is 10.3 Å². The van der Waals surface area contributed by atoms with E-state index in [1.54, 1.807) is 26.0 Å². The van der Waals surface area contributed by atoms with Gasteiger partial charge in [-0.05, 0) is 45.2 Å². The lowest BCUT2D eigenvalue weighted by molar-refractivity contribution is -0.141. The van der Waals surface area contributed by atoms with Crippen molar-refractivity contribution in [3.05, 3.63) is 54.2 Å². The summed E-state index contributed by atoms with van der Waals surface area (Å²) >= 11 is 1.14. The number of amides is 1. The Hall–Kier alpha value is -3.18. The van der Waals surface area contributed by atoms with E-state index in [2.05, 4.69) is 10.3 Å². The molecule has 5 atom stereocenters. The number of benzene rings is 1. The first-order chi connectivity index (χ1) is 18.5. The zero-order chi connectivity index (χ0) is 28.7. The number of aliphatic hydroxyl groups excluding tert-OH is 1. The first kappa shape index (κ1) is 30.4. The third-order valence-electron chi connectivity index (χ3n) is 6.33. The van der Waals surface area contributed by atoms with Crippen molar-refractivity contribution in [3.63, 3.8) is 0 Å². The highest BCUT2D eigenvalue weighted by atomic mass is 32.2. The van der Waals surface area contributed by atoms with Crippen molar-refractivity contribution in [2.45, 2.75) is 75.9 Å². The Kier molecular flexibility index (Phi) is 10.7. The highest BCUT2D eigenvalue weighted by Gasteiger charge is 2.44. The van der Waals surface area contributed by atoms with Crippen molar-refractivity contribution in [1.29, 1.82) is 0 Å². The quantitative estimate of drug-likeness (QED) is 0.422. The van der Waals surface area contributed by atoms with Crippen LogP contribution in [0.4, 0.5) is 0 Å². The number of hydrogen-bond acceptors (Lipinski definition) is 9. The van der Waals surface area contributed by atoms with Crippen LogP contribution in [0.2, 0.25) is 5.82 Å². The molecule has 9 nitrogen and oxygen atoms in total. The van der Waals surface area contributed by atoms with Crippen LogP contribution in [0, 0.1) is 5.92 Å². The first-order valence-electron chi connectivity index (χ1n) is 13.1. The highest BCUT2D eigenvalue weighted by Crippen LogP contribution is 2.31. The van der Waals surface area contributed by atoms with Gasteiger partial charge in [-0.15, -0.1) is 11.8 Å². The molecular weight excluding hydrogens is 519 g/mol. The molecular formula is C28H35BN2O7S. The molecule has 39 heavy (non-hydrogen) atoms. The van der Waals surface area contributed by atoms with E-state index in [1.807, 2.05) is 44.2 Å². The summed E-state index contributed by atoms with van der Waals surface area (Å²) in [7, 11) is -1.25. The number of carbonyl (C=O) groups is 4. The van der Waals surface area contributed by atoms with Gasteiger partial charge in [-0.2, -0.15) is 0 Å². The van der Waals surface area contributed by atoms with Gasteiger partial charge in [0.1, 0.15) is 11.7 Å². The molecule has 2 aromatic rings. The molecule has 1 aromatic carbocycles. The lowest BCUT2D eigenvalue weighted by Crippen LogP contribution is -2.49. The maximum absolute atomic E-state index is 13.4. The van der Waals surface area contributed by atoms with Crippen LogP contribution >= 0.6 is 11.8 Å². The fourth-order valence-electron chi connectivity index (χ4n) is 4.35. The third kappa shape index (κ3) is 8.40. The monoisotopic (exact) mass is 554 g/mol. The van der Waals surface area contributed by atoms with E-state index in [1.165, 1.54) is 13.0 Å². The average molecular weight is 554 g/mol. The van der Waals surface area contributed by atoms with Gasteiger partial charge in [0, 0.05) is 17.8 Å². The van der Waals surface area contributed by atoms with Gasteiger partial charge < -0.3 is 19.7 Å². The molecule has 0 spiro atoms. The Labute approximate surface area is 233 Å². The molecule has 0 unspecified atom stereocenters. The van der Waals surface area contributed by atoms with Crippen molar-refractivity contribution in [2.24, 2.45) is 5.92 Å². The molecule has 11 heteroatoms. The van der Waals surface area contributed by atoms with Crippen LogP contribution in [-0.2, 0) is 23.7 Å². The van der Waals surface area contributed by atoms with Crippen LogP contribution in [0.5, 0.6) is 0 Å². The summed E-state index contributed by atoms with van der Waals surface area (Å²) in [6.07, 6.45) is -0.988. The second-order valence-corrected chi connectivity index (χ2v) is 11.9. The van der Waals surface area contributed by atoms with E-state index in [4.69, 9.17) is 9.31 Å². The number of thioether (sulfide) groups is 1. The van der Waals surface area contributed by atoms with Crippen molar-refractivity contribution < 1.29 is 33.6 Å². The Bertz CT molecular complexity index is 1160. The summed E-state index contributed by atoms with van der Waals surface area (Å²) in [6.45, 7) is 8.59. The number of Topliss-reactive ketones (excluding diaryl/α,β-unsaturated/α-hetero) is 1. The number of carbonyl (C=O) groups excluding carboxylic acids is 4. The van der Waals surface area contributed by atoms with Crippen molar-refractivity contribution in [2.75, 3.05) is 0 Å². The summed E-state index contributed by atoms with van der Waals surface area (Å²) < 4.78 is 11.0. The number of aliphatic hydroxyl groups is 1. The molecule has 1 aliphatic heterocycles. The molecule has 0 aliphatic carbocycles. The fourth-order valence-corrected chi connectivity index (χ4v) is 5.30. The molecule has 1 aliphatic rings. The number of pyridine rings is 1. The van der Waals surface area contributed by atoms with Gasteiger partial charge >= 0.3 is 19.1 Å². The number of nitrogens with one attached hydrogen (secondary N) is 1. The molecule has 0 saturated carbocycles. The van der Waals surface area contributed by atoms with Gasteiger partial charge in [-0.25, -0.2) is 4.98 Å². The molecule has 1 saturated heterocycles. The van der Waals surface area contributed by atoms with Crippen LogP contribution in [-0.4, -0.2) is 63.5 Å². The zero-order valence-electron chi connectivity index (χ0n) is 22.8. The van der Waals surface area contributed by atoms with Crippen LogP contribution in [0.1, 0.15) is 57.9 Å². The normalized spacial score (nSPS) is 20.2. The number of nitrogens with zero attached hydrogens (tertiary/aromatic N) is 1. The molecule has 0 bridgehead atoms. The smallest absolute Gasteiger partial charge is 0.498 e. The number of aromatic nitrogens is 1. The minimum atomic E-state index is -1.25. The van der Waals surface area contributed by atoms with Crippen LogP contribution < -0.4 is 5.32 Å². The minimum Gasteiger partial charge on any atom is -0.498 e. The summed E-state index contributed by atoms with van der Waals surface area (Å²) in [5.74, 6) is -2.74. The lowest BCUT2D eigenvalue weighted by Gasteiger charge is -2.29. The predicted molar refractivity (Wildman–Crippen MR) is 150 cm³/mol. The predicted octanol–water partition coefficient (Wildman–Crippen LogP) is 3.70. The van der Waals surface area contributed by atoms with Crippen LogP contribution in [0.3, 0.4) is 0 Å². The topological polar surface area (TPSA) is 132 Å². The molecule has 1 aromatic heterocycles. The maximum Gasteiger partial charge on any atom is 0.602 e. The largest absolute Gasteiger partial charge is 0.602 e. The van der Waals surface area contributed by atoms with Gasteiger partial charge in [-0.3, -0.25) is 19.2 Å². The summed E-state index contributed by atoms with van der Waals surface area (Å²) in [5, 5.41) is 11.9. The number of rotatable bonds is 10.